The van der Waals surface area contributed by atoms with E-state index in [4.69, 9.17) is 5.73 Å². The van der Waals surface area contributed by atoms with Gasteiger partial charge in [-0.15, -0.1) is 0 Å². The van der Waals surface area contributed by atoms with Crippen molar-refractivity contribution in [2.75, 3.05) is 5.75 Å². The highest BCUT2D eigenvalue weighted by atomic mass is 32.2. The van der Waals surface area contributed by atoms with Crippen LogP contribution in [0.15, 0.2) is 29.2 Å². The largest absolute Gasteiger partial charge is 0.348 e. The van der Waals surface area contributed by atoms with Crippen LogP contribution in [0.2, 0.25) is 0 Å². The lowest BCUT2D eigenvalue weighted by Gasteiger charge is -2.30. The van der Waals surface area contributed by atoms with E-state index in [-0.39, 0.29) is 17.7 Å². The summed E-state index contributed by atoms with van der Waals surface area (Å²) in [5, 5.41) is 2.91. The zero-order valence-corrected chi connectivity index (χ0v) is 13.2. The molecule has 0 saturated carbocycles. The van der Waals surface area contributed by atoms with Gasteiger partial charge >= 0.3 is 0 Å². The minimum Gasteiger partial charge on any atom is -0.348 e. The van der Waals surface area contributed by atoms with Crippen LogP contribution >= 0.6 is 0 Å². The summed E-state index contributed by atoms with van der Waals surface area (Å²) in [5.41, 5.74) is 5.76. The van der Waals surface area contributed by atoms with Crippen molar-refractivity contribution in [3.8, 4) is 0 Å². The van der Waals surface area contributed by atoms with Crippen molar-refractivity contribution in [2.45, 2.75) is 49.6 Å². The summed E-state index contributed by atoms with van der Waals surface area (Å²) in [6, 6.07) is 6.54. The van der Waals surface area contributed by atoms with Gasteiger partial charge in [-0.3, -0.25) is 4.79 Å². The Morgan fingerprint density at radius 3 is 2.76 bits per heavy atom. The van der Waals surface area contributed by atoms with E-state index in [1.807, 2.05) is 6.92 Å². The SMILES string of the molecule is CCCC(C)(N)C(=O)NC1CCS(=O)(=O)c2ccccc21. The summed E-state index contributed by atoms with van der Waals surface area (Å²) in [6.45, 7) is 3.68. The molecule has 21 heavy (non-hydrogen) atoms. The molecule has 2 atom stereocenters. The zero-order valence-electron chi connectivity index (χ0n) is 12.4. The van der Waals surface area contributed by atoms with Gasteiger partial charge in [0.1, 0.15) is 0 Å². The van der Waals surface area contributed by atoms with Gasteiger partial charge in [0.15, 0.2) is 9.84 Å². The lowest BCUT2D eigenvalue weighted by Crippen LogP contribution is -2.52. The minimum atomic E-state index is -3.24. The maximum atomic E-state index is 12.3. The molecule has 0 fully saturated rings. The zero-order chi connectivity index (χ0) is 15.7. The van der Waals surface area contributed by atoms with Gasteiger partial charge in [0.25, 0.3) is 0 Å². The van der Waals surface area contributed by atoms with E-state index in [1.165, 1.54) is 0 Å². The third-order valence-electron chi connectivity index (χ3n) is 3.90. The number of benzene rings is 1. The number of amides is 1. The molecule has 0 aliphatic carbocycles. The minimum absolute atomic E-state index is 0.0457. The Labute approximate surface area is 125 Å². The van der Waals surface area contributed by atoms with Gasteiger partial charge in [-0.05, 0) is 31.4 Å². The van der Waals surface area contributed by atoms with Gasteiger partial charge in [0, 0.05) is 0 Å². The molecule has 0 spiro atoms. The van der Waals surface area contributed by atoms with Crippen molar-refractivity contribution < 1.29 is 13.2 Å². The summed E-state index contributed by atoms with van der Waals surface area (Å²) >= 11 is 0. The number of hydrogen-bond donors (Lipinski definition) is 2. The van der Waals surface area contributed by atoms with Gasteiger partial charge in [-0.25, -0.2) is 8.42 Å². The van der Waals surface area contributed by atoms with E-state index in [2.05, 4.69) is 5.32 Å². The average molecular weight is 310 g/mol. The molecule has 0 aromatic heterocycles. The Balaban J connectivity index is 2.25. The fraction of sp³-hybridized carbons (Fsp3) is 0.533. The molecule has 1 aromatic carbocycles. The number of rotatable bonds is 4. The molecule has 6 heteroatoms. The van der Waals surface area contributed by atoms with E-state index < -0.39 is 15.4 Å². The molecule has 1 aliphatic heterocycles. The lowest BCUT2D eigenvalue weighted by molar-refractivity contribution is -0.126. The molecule has 1 amide bonds. The monoisotopic (exact) mass is 310 g/mol. The van der Waals surface area contributed by atoms with Crippen LogP contribution in [0.3, 0.4) is 0 Å². The third-order valence-corrected chi connectivity index (χ3v) is 5.71. The van der Waals surface area contributed by atoms with Crippen LogP contribution in [0.5, 0.6) is 0 Å². The van der Waals surface area contributed by atoms with Crippen molar-refractivity contribution in [3.63, 3.8) is 0 Å². The number of nitrogens with two attached hydrogens (primary N) is 1. The topological polar surface area (TPSA) is 89.3 Å². The fourth-order valence-corrected chi connectivity index (χ4v) is 4.32. The van der Waals surface area contributed by atoms with E-state index in [1.54, 1.807) is 31.2 Å². The molecule has 5 nitrogen and oxygen atoms in total. The van der Waals surface area contributed by atoms with Gasteiger partial charge in [0.2, 0.25) is 5.91 Å². The maximum Gasteiger partial charge on any atom is 0.240 e. The van der Waals surface area contributed by atoms with E-state index in [0.717, 1.165) is 6.42 Å². The number of carbonyl (C=O) groups is 1. The van der Waals surface area contributed by atoms with Crippen LogP contribution in [-0.2, 0) is 14.6 Å². The Hall–Kier alpha value is -1.40. The van der Waals surface area contributed by atoms with Gasteiger partial charge < -0.3 is 11.1 Å². The fourth-order valence-electron chi connectivity index (χ4n) is 2.70. The quantitative estimate of drug-likeness (QED) is 0.883. The molecule has 0 bridgehead atoms. The smallest absolute Gasteiger partial charge is 0.240 e. The first-order valence-corrected chi connectivity index (χ1v) is 8.84. The van der Waals surface area contributed by atoms with Crippen molar-refractivity contribution >= 4 is 15.7 Å². The Morgan fingerprint density at radius 2 is 2.10 bits per heavy atom. The predicted molar refractivity (Wildman–Crippen MR) is 81.5 cm³/mol. The first-order chi connectivity index (χ1) is 9.78. The third kappa shape index (κ3) is 3.27. The maximum absolute atomic E-state index is 12.3. The first kappa shape index (κ1) is 16.0. The van der Waals surface area contributed by atoms with Gasteiger partial charge in [-0.2, -0.15) is 0 Å². The van der Waals surface area contributed by atoms with E-state index >= 15 is 0 Å². The summed E-state index contributed by atoms with van der Waals surface area (Å²) in [6.07, 6.45) is 1.79. The number of sulfone groups is 1. The summed E-state index contributed by atoms with van der Waals surface area (Å²) in [7, 11) is -3.24. The highest BCUT2D eigenvalue weighted by Gasteiger charge is 2.34. The molecule has 2 rings (SSSR count). The number of fused-ring (bicyclic) bond motifs is 1. The van der Waals surface area contributed by atoms with Crippen molar-refractivity contribution in [2.24, 2.45) is 5.73 Å². The molecule has 3 N–H and O–H groups in total. The standard InChI is InChI=1S/C15H22N2O3S/c1-3-9-15(2,16)14(18)17-12-8-10-21(19,20)13-7-5-4-6-11(12)13/h4-7,12H,3,8-10,16H2,1-2H3,(H,17,18). The molecular formula is C15H22N2O3S. The Kier molecular flexibility index (Phi) is 4.39. The molecule has 1 aliphatic rings. The van der Waals surface area contributed by atoms with Crippen LogP contribution in [0.25, 0.3) is 0 Å². The molecule has 0 saturated heterocycles. The summed E-state index contributed by atoms with van der Waals surface area (Å²) in [5.74, 6) is -0.187. The second-order valence-corrected chi connectivity index (χ2v) is 7.92. The lowest BCUT2D eigenvalue weighted by atomic mass is 9.95. The summed E-state index contributed by atoms with van der Waals surface area (Å²) < 4.78 is 24.1. The van der Waals surface area contributed by atoms with Crippen molar-refractivity contribution in [1.29, 1.82) is 0 Å². The molecule has 0 radical (unpaired) electrons. The second-order valence-electron chi connectivity index (χ2n) is 5.84. The van der Waals surface area contributed by atoms with Crippen LogP contribution in [0, 0.1) is 0 Å². The highest BCUT2D eigenvalue weighted by Crippen LogP contribution is 2.32. The molecule has 2 unspecified atom stereocenters. The van der Waals surface area contributed by atoms with Crippen molar-refractivity contribution in [1.82, 2.24) is 5.32 Å². The van der Waals surface area contributed by atoms with Crippen molar-refractivity contribution in [3.05, 3.63) is 29.8 Å². The normalized spacial score (nSPS) is 22.9. The summed E-state index contributed by atoms with van der Waals surface area (Å²) in [4.78, 5) is 12.6. The first-order valence-electron chi connectivity index (χ1n) is 7.19. The van der Waals surface area contributed by atoms with Gasteiger partial charge in [0.05, 0.1) is 22.2 Å². The number of carbonyl (C=O) groups excluding carboxylic acids is 1. The average Bonchev–Trinajstić information content (AvgIpc) is 2.42. The predicted octanol–water partition coefficient (Wildman–Crippen LogP) is 1.54. The number of hydrogen-bond acceptors (Lipinski definition) is 4. The number of nitrogens with one attached hydrogen (secondary N) is 1. The molecular weight excluding hydrogens is 288 g/mol. The van der Waals surface area contributed by atoms with Crippen LogP contribution in [0.1, 0.15) is 44.7 Å². The molecule has 1 heterocycles. The molecule has 1 aromatic rings. The molecule has 116 valence electrons. The Morgan fingerprint density at radius 1 is 1.43 bits per heavy atom. The van der Waals surface area contributed by atoms with E-state index in [0.29, 0.717) is 23.3 Å². The van der Waals surface area contributed by atoms with Crippen LogP contribution < -0.4 is 11.1 Å². The van der Waals surface area contributed by atoms with E-state index in [9.17, 15) is 13.2 Å². The Bertz CT molecular complexity index is 638. The van der Waals surface area contributed by atoms with Crippen LogP contribution in [0.4, 0.5) is 0 Å². The highest BCUT2D eigenvalue weighted by molar-refractivity contribution is 7.91. The van der Waals surface area contributed by atoms with Crippen LogP contribution in [-0.4, -0.2) is 25.6 Å². The van der Waals surface area contributed by atoms with Gasteiger partial charge in [-0.1, -0.05) is 31.5 Å². The second kappa shape index (κ2) is 5.77.